The molecule has 0 fully saturated rings. The van der Waals surface area contributed by atoms with Crippen LogP contribution in [0.25, 0.3) is 0 Å². The maximum Gasteiger partial charge on any atom is 0.319 e. The van der Waals surface area contributed by atoms with Gasteiger partial charge in [0.25, 0.3) is 0 Å². The Bertz CT molecular complexity index is 680. The lowest BCUT2D eigenvalue weighted by molar-refractivity contribution is 0.175. The summed E-state index contributed by atoms with van der Waals surface area (Å²) in [4.78, 5) is 11.9. The molecule has 1 atom stereocenters. The molecule has 5 nitrogen and oxygen atoms in total. The first kappa shape index (κ1) is 17.1. The van der Waals surface area contributed by atoms with Crippen LogP contribution in [0.1, 0.15) is 11.7 Å². The Labute approximate surface area is 138 Å². The van der Waals surface area contributed by atoms with Gasteiger partial charge in [-0.1, -0.05) is 23.7 Å². The van der Waals surface area contributed by atoms with E-state index < -0.39 is 18.0 Å². The second-order valence-electron chi connectivity index (χ2n) is 4.75. The average molecular weight is 339 g/mol. The highest BCUT2D eigenvalue weighted by atomic mass is 35.5. The lowest BCUT2D eigenvalue weighted by Gasteiger charge is -2.14. The molecular weight excluding hydrogens is 323 g/mol. The second kappa shape index (κ2) is 7.80. The van der Waals surface area contributed by atoms with Crippen molar-refractivity contribution in [2.45, 2.75) is 6.10 Å². The highest BCUT2D eigenvalue weighted by Crippen LogP contribution is 2.24. The van der Waals surface area contributed by atoms with Crippen molar-refractivity contribution in [3.63, 3.8) is 0 Å². The summed E-state index contributed by atoms with van der Waals surface area (Å²) in [5, 5.41) is 15.6. The van der Waals surface area contributed by atoms with Gasteiger partial charge in [-0.2, -0.15) is 0 Å². The van der Waals surface area contributed by atoms with Crippen LogP contribution in [0.15, 0.2) is 42.5 Å². The minimum absolute atomic E-state index is 0.0109. The highest BCUT2D eigenvalue weighted by molar-refractivity contribution is 6.30. The fourth-order valence-electron chi connectivity index (χ4n) is 1.93. The van der Waals surface area contributed by atoms with E-state index in [0.717, 1.165) is 6.07 Å². The number of ether oxygens (including phenoxy) is 1. The van der Waals surface area contributed by atoms with Crippen molar-refractivity contribution in [2.75, 3.05) is 19.0 Å². The Morgan fingerprint density at radius 3 is 2.65 bits per heavy atom. The Kier molecular flexibility index (Phi) is 5.78. The van der Waals surface area contributed by atoms with Gasteiger partial charge in [0.15, 0.2) is 0 Å². The molecule has 3 N–H and O–H groups in total. The minimum atomic E-state index is -0.867. The molecule has 0 bridgehead atoms. The molecule has 2 aromatic carbocycles. The Morgan fingerprint density at radius 2 is 2.00 bits per heavy atom. The van der Waals surface area contributed by atoms with E-state index in [1.165, 1.54) is 19.2 Å². The standard InChI is InChI=1S/C16H16ClFN2O3/c1-23-15-8-12(18)6-7-13(15)20-16(22)19-9-14(21)10-2-4-11(17)5-3-10/h2-8,14,21H,9H2,1H3,(H2,19,20,22). The zero-order chi connectivity index (χ0) is 16.8. The van der Waals surface area contributed by atoms with E-state index in [4.69, 9.17) is 16.3 Å². The Hall–Kier alpha value is -2.31. The summed E-state index contributed by atoms with van der Waals surface area (Å²) < 4.78 is 18.1. The molecule has 0 aromatic heterocycles. The van der Waals surface area contributed by atoms with Crippen molar-refractivity contribution in [2.24, 2.45) is 0 Å². The van der Waals surface area contributed by atoms with Gasteiger partial charge in [-0.05, 0) is 29.8 Å². The molecule has 0 aliphatic heterocycles. The van der Waals surface area contributed by atoms with Crippen molar-refractivity contribution in [1.29, 1.82) is 0 Å². The van der Waals surface area contributed by atoms with Crippen LogP contribution in [0.4, 0.5) is 14.9 Å². The van der Waals surface area contributed by atoms with Crippen LogP contribution >= 0.6 is 11.6 Å². The molecule has 0 heterocycles. The lowest BCUT2D eigenvalue weighted by atomic mass is 10.1. The quantitative estimate of drug-likeness (QED) is 0.783. The molecule has 0 spiro atoms. The number of halogens is 2. The molecule has 2 rings (SSSR count). The number of aliphatic hydroxyl groups excluding tert-OH is 1. The Balaban J connectivity index is 1.91. The highest BCUT2D eigenvalue weighted by Gasteiger charge is 2.11. The number of hydrogen-bond donors (Lipinski definition) is 3. The number of carbonyl (C=O) groups excluding carboxylic acids is 1. The van der Waals surface area contributed by atoms with E-state index in [9.17, 15) is 14.3 Å². The Morgan fingerprint density at radius 1 is 1.30 bits per heavy atom. The van der Waals surface area contributed by atoms with E-state index >= 15 is 0 Å². The van der Waals surface area contributed by atoms with Gasteiger partial charge in [-0.3, -0.25) is 0 Å². The second-order valence-corrected chi connectivity index (χ2v) is 5.18. The van der Waals surface area contributed by atoms with Gasteiger partial charge in [0.1, 0.15) is 11.6 Å². The smallest absolute Gasteiger partial charge is 0.319 e. The van der Waals surface area contributed by atoms with Crippen LogP contribution < -0.4 is 15.4 Å². The molecule has 0 radical (unpaired) electrons. The van der Waals surface area contributed by atoms with Gasteiger partial charge in [0, 0.05) is 17.6 Å². The number of nitrogens with one attached hydrogen (secondary N) is 2. The predicted octanol–water partition coefficient (Wildman–Crippen LogP) is 3.34. The number of hydrogen-bond acceptors (Lipinski definition) is 3. The van der Waals surface area contributed by atoms with Crippen LogP contribution in [-0.2, 0) is 0 Å². The summed E-state index contributed by atoms with van der Waals surface area (Å²) >= 11 is 5.77. The maximum absolute atomic E-state index is 13.1. The van der Waals surface area contributed by atoms with Gasteiger partial charge in [-0.25, -0.2) is 9.18 Å². The average Bonchev–Trinajstić information content (AvgIpc) is 2.55. The fourth-order valence-corrected chi connectivity index (χ4v) is 2.05. The predicted molar refractivity (Wildman–Crippen MR) is 86.4 cm³/mol. The normalized spacial score (nSPS) is 11.7. The zero-order valence-corrected chi connectivity index (χ0v) is 13.1. The fraction of sp³-hybridized carbons (Fsp3) is 0.188. The molecule has 0 saturated carbocycles. The first-order valence-electron chi connectivity index (χ1n) is 6.81. The number of amides is 2. The first-order valence-corrected chi connectivity index (χ1v) is 7.19. The number of aliphatic hydroxyl groups is 1. The van der Waals surface area contributed by atoms with Crippen molar-refractivity contribution in [3.05, 3.63) is 58.9 Å². The number of urea groups is 1. The third kappa shape index (κ3) is 4.84. The summed E-state index contributed by atoms with van der Waals surface area (Å²) in [5.74, 6) is -0.260. The molecule has 0 aliphatic carbocycles. The third-order valence-electron chi connectivity index (χ3n) is 3.12. The molecule has 1 unspecified atom stereocenters. The number of rotatable bonds is 5. The summed E-state index contributed by atoms with van der Waals surface area (Å²) in [6.07, 6.45) is -0.867. The van der Waals surface area contributed by atoms with Crippen LogP contribution in [0, 0.1) is 5.82 Å². The molecule has 2 amide bonds. The summed E-state index contributed by atoms with van der Waals surface area (Å²) in [5.41, 5.74) is 0.960. The van der Waals surface area contributed by atoms with E-state index in [2.05, 4.69) is 10.6 Å². The molecule has 2 aromatic rings. The maximum atomic E-state index is 13.1. The van der Waals surface area contributed by atoms with Crippen molar-refractivity contribution in [1.82, 2.24) is 5.32 Å². The first-order chi connectivity index (χ1) is 11.0. The van der Waals surface area contributed by atoms with Gasteiger partial charge in [0.05, 0.1) is 18.9 Å². The zero-order valence-electron chi connectivity index (χ0n) is 12.3. The van der Waals surface area contributed by atoms with E-state index in [-0.39, 0.29) is 12.3 Å². The minimum Gasteiger partial charge on any atom is -0.494 e. The monoisotopic (exact) mass is 338 g/mol. The van der Waals surface area contributed by atoms with Gasteiger partial charge in [-0.15, -0.1) is 0 Å². The van der Waals surface area contributed by atoms with Crippen LogP contribution in [0.3, 0.4) is 0 Å². The molecule has 122 valence electrons. The largest absolute Gasteiger partial charge is 0.494 e. The molecule has 0 saturated heterocycles. The van der Waals surface area contributed by atoms with Crippen molar-refractivity contribution in [3.8, 4) is 5.75 Å². The van der Waals surface area contributed by atoms with E-state index in [1.54, 1.807) is 24.3 Å². The topological polar surface area (TPSA) is 70.6 Å². The van der Waals surface area contributed by atoms with Gasteiger partial charge in [0.2, 0.25) is 0 Å². The molecule has 0 aliphatic rings. The summed E-state index contributed by atoms with van der Waals surface area (Å²) in [6.45, 7) is 0.0109. The van der Waals surface area contributed by atoms with Crippen molar-refractivity contribution >= 4 is 23.3 Å². The number of methoxy groups -OCH3 is 1. The SMILES string of the molecule is COc1cc(F)ccc1NC(=O)NCC(O)c1ccc(Cl)cc1. The van der Waals surface area contributed by atoms with E-state index in [1.807, 2.05) is 0 Å². The van der Waals surface area contributed by atoms with Gasteiger partial charge < -0.3 is 20.5 Å². The lowest BCUT2D eigenvalue weighted by Crippen LogP contribution is -2.32. The molecular formula is C16H16ClFN2O3. The van der Waals surface area contributed by atoms with Crippen molar-refractivity contribution < 1.29 is 19.0 Å². The third-order valence-corrected chi connectivity index (χ3v) is 3.37. The summed E-state index contributed by atoms with van der Waals surface area (Å²) in [6, 6.07) is 9.89. The number of benzene rings is 2. The summed E-state index contributed by atoms with van der Waals surface area (Å²) in [7, 11) is 1.38. The van der Waals surface area contributed by atoms with Crippen LogP contribution in [-0.4, -0.2) is 24.8 Å². The van der Waals surface area contributed by atoms with Gasteiger partial charge >= 0.3 is 6.03 Å². The van der Waals surface area contributed by atoms with Crippen LogP contribution in [0.2, 0.25) is 5.02 Å². The van der Waals surface area contributed by atoms with Crippen LogP contribution in [0.5, 0.6) is 5.75 Å². The van der Waals surface area contributed by atoms with E-state index in [0.29, 0.717) is 16.3 Å². The molecule has 23 heavy (non-hydrogen) atoms. The number of anilines is 1. The number of carbonyl (C=O) groups is 1. The molecule has 7 heteroatoms.